The zero-order valence-electron chi connectivity index (χ0n) is 17.0. The number of hydrogen-bond donors (Lipinski definition) is 3. The van der Waals surface area contributed by atoms with Crippen molar-refractivity contribution in [1.29, 1.82) is 0 Å². The first-order valence-electron chi connectivity index (χ1n) is 9.68. The van der Waals surface area contributed by atoms with Crippen molar-refractivity contribution in [2.45, 2.75) is 11.3 Å². The van der Waals surface area contributed by atoms with Gasteiger partial charge in [-0.3, -0.25) is 4.79 Å². The smallest absolute Gasteiger partial charge is 0.323 e. The average molecular weight is 483 g/mol. The predicted octanol–water partition coefficient (Wildman–Crippen LogP) is 6.63. The highest BCUT2D eigenvalue weighted by Gasteiger charge is 2.10. The van der Waals surface area contributed by atoms with E-state index in [4.69, 9.17) is 11.6 Å². The number of thiazole rings is 1. The summed E-state index contributed by atoms with van der Waals surface area (Å²) in [5.41, 5.74) is 3.99. The van der Waals surface area contributed by atoms with Gasteiger partial charge in [0.15, 0.2) is 4.34 Å². The van der Waals surface area contributed by atoms with Gasteiger partial charge in [0.1, 0.15) is 0 Å². The summed E-state index contributed by atoms with van der Waals surface area (Å²) in [5, 5.41) is 8.98. The van der Waals surface area contributed by atoms with Crippen LogP contribution in [0.4, 0.5) is 21.9 Å². The molecule has 0 fully saturated rings. The maximum absolute atomic E-state index is 12.3. The van der Waals surface area contributed by atoms with Crippen LogP contribution < -0.4 is 16.0 Å². The van der Waals surface area contributed by atoms with Crippen LogP contribution in [0.15, 0.2) is 71.1 Å². The molecule has 32 heavy (non-hydrogen) atoms. The number of carbonyl (C=O) groups excluding carboxylic acids is 2. The predicted molar refractivity (Wildman–Crippen MR) is 134 cm³/mol. The molecule has 0 spiro atoms. The van der Waals surface area contributed by atoms with Gasteiger partial charge in [-0.05, 0) is 55.5 Å². The molecule has 3 amide bonds. The van der Waals surface area contributed by atoms with Gasteiger partial charge in [-0.1, -0.05) is 47.1 Å². The number of fused-ring (bicyclic) bond motifs is 1. The normalized spacial score (nSPS) is 10.7. The molecule has 3 aromatic carbocycles. The summed E-state index contributed by atoms with van der Waals surface area (Å²) >= 11 is 8.80. The number of benzene rings is 3. The number of aromatic nitrogens is 1. The number of aryl methyl sites for hydroxylation is 1. The molecule has 3 N–H and O–H groups in total. The molecule has 4 aromatic rings. The minimum absolute atomic E-state index is 0.0850. The van der Waals surface area contributed by atoms with E-state index >= 15 is 0 Å². The highest BCUT2D eigenvalue weighted by molar-refractivity contribution is 8.01. The largest absolute Gasteiger partial charge is 0.325 e. The Kier molecular flexibility index (Phi) is 6.94. The maximum Gasteiger partial charge on any atom is 0.323 e. The van der Waals surface area contributed by atoms with Gasteiger partial charge in [0.2, 0.25) is 5.91 Å². The molecular weight excluding hydrogens is 464 g/mol. The Morgan fingerprint density at radius 2 is 1.66 bits per heavy atom. The van der Waals surface area contributed by atoms with Crippen LogP contribution in [0.2, 0.25) is 5.02 Å². The fourth-order valence-corrected chi connectivity index (χ4v) is 4.96. The Hall–Kier alpha value is -3.07. The van der Waals surface area contributed by atoms with Gasteiger partial charge >= 0.3 is 6.03 Å². The zero-order chi connectivity index (χ0) is 22.5. The summed E-state index contributed by atoms with van der Waals surface area (Å²) in [6, 6.07) is 19.7. The first-order chi connectivity index (χ1) is 15.4. The third-order valence-corrected chi connectivity index (χ3v) is 6.77. The number of anilines is 3. The number of halogens is 1. The second-order valence-electron chi connectivity index (χ2n) is 6.95. The Bertz CT molecular complexity index is 1270. The second-order valence-corrected chi connectivity index (χ2v) is 9.64. The van der Waals surface area contributed by atoms with E-state index in [1.165, 1.54) is 23.1 Å². The molecule has 0 unspecified atom stereocenters. The van der Waals surface area contributed by atoms with Crippen LogP contribution in [0.5, 0.6) is 0 Å². The van der Waals surface area contributed by atoms with Gasteiger partial charge in [0.05, 0.1) is 16.0 Å². The number of nitrogens with zero attached hydrogens (tertiary/aromatic N) is 1. The Labute approximate surface area is 198 Å². The maximum atomic E-state index is 12.3. The molecule has 6 nitrogen and oxygen atoms in total. The fourth-order valence-electron chi connectivity index (χ4n) is 2.86. The number of amides is 3. The molecule has 9 heteroatoms. The van der Waals surface area contributed by atoms with Crippen LogP contribution in [-0.4, -0.2) is 22.7 Å². The molecule has 0 aliphatic carbocycles. The van der Waals surface area contributed by atoms with Crippen molar-refractivity contribution in [3.05, 3.63) is 77.3 Å². The lowest BCUT2D eigenvalue weighted by atomic mass is 10.2. The molecule has 162 valence electrons. The van der Waals surface area contributed by atoms with Gasteiger partial charge in [-0.15, -0.1) is 11.3 Å². The molecule has 1 aromatic heterocycles. The van der Waals surface area contributed by atoms with Crippen molar-refractivity contribution in [2.75, 3.05) is 21.7 Å². The number of carbonyl (C=O) groups is 2. The van der Waals surface area contributed by atoms with Gasteiger partial charge in [-0.25, -0.2) is 9.78 Å². The first kappa shape index (κ1) is 22.1. The second kappa shape index (κ2) is 10.0. The molecule has 0 radical (unpaired) electrons. The molecule has 0 aliphatic heterocycles. The van der Waals surface area contributed by atoms with E-state index in [1.54, 1.807) is 30.3 Å². The van der Waals surface area contributed by atoms with Crippen LogP contribution in [0, 0.1) is 6.92 Å². The monoisotopic (exact) mass is 482 g/mol. The summed E-state index contributed by atoms with van der Waals surface area (Å²) in [5.74, 6) is 0.180. The third kappa shape index (κ3) is 6.00. The lowest BCUT2D eigenvalue weighted by molar-refractivity contribution is -0.113. The minimum atomic E-state index is -0.362. The van der Waals surface area contributed by atoms with Crippen LogP contribution in [-0.2, 0) is 4.79 Å². The SMILES string of the molecule is Cc1ccc(NC(=O)CSc2nc3ccc(NC(=O)Nc4cccc(Cl)c4)cc3s2)cc1. The Balaban J connectivity index is 1.34. The lowest BCUT2D eigenvalue weighted by Gasteiger charge is -2.07. The summed E-state index contributed by atoms with van der Waals surface area (Å²) in [4.78, 5) is 29.0. The van der Waals surface area contributed by atoms with Crippen molar-refractivity contribution in [3.8, 4) is 0 Å². The number of urea groups is 1. The van der Waals surface area contributed by atoms with E-state index in [2.05, 4.69) is 20.9 Å². The Morgan fingerprint density at radius 1 is 0.938 bits per heavy atom. The van der Waals surface area contributed by atoms with E-state index in [1.807, 2.05) is 43.3 Å². The number of nitrogens with one attached hydrogen (secondary N) is 3. The van der Waals surface area contributed by atoms with Crippen LogP contribution in [0.25, 0.3) is 10.2 Å². The number of thioether (sulfide) groups is 1. The molecular formula is C23H19ClN4O2S2. The van der Waals surface area contributed by atoms with Crippen molar-refractivity contribution in [2.24, 2.45) is 0 Å². The molecule has 0 bridgehead atoms. The Morgan fingerprint density at radius 3 is 2.41 bits per heavy atom. The van der Waals surface area contributed by atoms with Gasteiger partial charge in [0, 0.05) is 22.1 Å². The molecule has 1 heterocycles. The van der Waals surface area contributed by atoms with Crippen LogP contribution in [0.1, 0.15) is 5.56 Å². The van der Waals surface area contributed by atoms with E-state index < -0.39 is 0 Å². The number of hydrogen-bond acceptors (Lipinski definition) is 5. The summed E-state index contributed by atoms with van der Waals surface area (Å²) in [6.07, 6.45) is 0. The average Bonchev–Trinajstić information content (AvgIpc) is 3.16. The minimum Gasteiger partial charge on any atom is -0.325 e. The van der Waals surface area contributed by atoms with Gasteiger partial charge in [-0.2, -0.15) is 0 Å². The van der Waals surface area contributed by atoms with E-state index in [0.29, 0.717) is 16.4 Å². The van der Waals surface area contributed by atoms with Gasteiger partial charge in [0.25, 0.3) is 0 Å². The lowest BCUT2D eigenvalue weighted by Crippen LogP contribution is -2.19. The van der Waals surface area contributed by atoms with Gasteiger partial charge < -0.3 is 16.0 Å². The van der Waals surface area contributed by atoms with Crippen LogP contribution >= 0.6 is 34.7 Å². The number of rotatable bonds is 6. The highest BCUT2D eigenvalue weighted by atomic mass is 35.5. The van der Waals surface area contributed by atoms with Crippen molar-refractivity contribution >= 4 is 73.9 Å². The molecule has 0 saturated carbocycles. The molecule has 0 saturated heterocycles. The fraction of sp³-hybridized carbons (Fsp3) is 0.0870. The molecule has 0 atom stereocenters. The summed E-state index contributed by atoms with van der Waals surface area (Å²) in [7, 11) is 0. The molecule has 0 aliphatic rings. The zero-order valence-corrected chi connectivity index (χ0v) is 19.4. The van der Waals surface area contributed by atoms with Crippen molar-refractivity contribution in [3.63, 3.8) is 0 Å². The van der Waals surface area contributed by atoms with Crippen LogP contribution in [0.3, 0.4) is 0 Å². The van der Waals surface area contributed by atoms with Crippen molar-refractivity contribution in [1.82, 2.24) is 4.98 Å². The quantitative estimate of drug-likeness (QED) is 0.269. The topological polar surface area (TPSA) is 83.1 Å². The molecule has 4 rings (SSSR count). The van der Waals surface area contributed by atoms with E-state index in [-0.39, 0.29) is 17.7 Å². The van der Waals surface area contributed by atoms with E-state index in [0.717, 1.165) is 25.8 Å². The highest BCUT2D eigenvalue weighted by Crippen LogP contribution is 2.31. The summed E-state index contributed by atoms with van der Waals surface area (Å²) in [6.45, 7) is 2.00. The van der Waals surface area contributed by atoms with E-state index in [9.17, 15) is 9.59 Å². The summed E-state index contributed by atoms with van der Waals surface area (Å²) < 4.78 is 1.71. The third-order valence-electron chi connectivity index (χ3n) is 4.37. The standard InChI is InChI=1S/C23H19ClN4O2S2/c1-14-5-7-16(8-6-14)25-21(29)13-31-23-28-19-10-9-18(12-20(19)32-23)27-22(30)26-17-4-2-3-15(24)11-17/h2-12H,13H2,1H3,(H,25,29)(H2,26,27,30). The van der Waals surface area contributed by atoms with Crippen molar-refractivity contribution < 1.29 is 9.59 Å². The first-order valence-corrected chi connectivity index (χ1v) is 11.9.